The lowest BCUT2D eigenvalue weighted by atomic mass is 9.98. The predicted octanol–water partition coefficient (Wildman–Crippen LogP) is 3.65. The van der Waals surface area contributed by atoms with Crippen LogP contribution in [0.1, 0.15) is 31.8 Å². The smallest absolute Gasteiger partial charge is 0.383 e. The maximum atomic E-state index is 14.1. The fourth-order valence-corrected chi connectivity index (χ4v) is 4.08. The van der Waals surface area contributed by atoms with Crippen LogP contribution in [0.15, 0.2) is 36.5 Å². The van der Waals surface area contributed by atoms with Crippen LogP contribution < -0.4 is 5.32 Å². The summed E-state index contributed by atoms with van der Waals surface area (Å²) in [4.78, 5) is 26.3. The summed E-state index contributed by atoms with van der Waals surface area (Å²) in [7, 11) is 1.56. The molecule has 1 aliphatic rings. The number of carbonyl (C=O) groups is 2. The molecule has 3 aromatic rings. The minimum atomic E-state index is -4.68. The molecule has 186 valence electrons. The average Bonchev–Trinajstić information content (AvgIpc) is 3.15. The largest absolute Gasteiger partial charge is 0.416 e. The molecule has 1 aromatic heterocycles. The first-order valence-electron chi connectivity index (χ1n) is 11.0. The fourth-order valence-electron chi connectivity index (χ4n) is 4.08. The molecule has 1 aliphatic heterocycles. The fraction of sp³-hybridized carbons (Fsp3) is 0.375. The topological polar surface area (TPSA) is 76.5 Å². The second kappa shape index (κ2) is 9.65. The Morgan fingerprint density at radius 2 is 1.91 bits per heavy atom. The van der Waals surface area contributed by atoms with Crippen LogP contribution in [0.3, 0.4) is 0 Å². The van der Waals surface area contributed by atoms with Gasteiger partial charge in [-0.2, -0.15) is 18.3 Å². The summed E-state index contributed by atoms with van der Waals surface area (Å²) in [5, 5.41) is 8.13. The predicted molar refractivity (Wildman–Crippen MR) is 119 cm³/mol. The third-order valence-electron chi connectivity index (χ3n) is 5.95. The van der Waals surface area contributed by atoms with Crippen LogP contribution in [-0.2, 0) is 17.5 Å². The average molecular weight is 492 g/mol. The number of methoxy groups -OCH3 is 1. The number of likely N-dealkylation sites (tertiary alicyclic amines) is 1. The lowest BCUT2D eigenvalue weighted by molar-refractivity contribution is -0.137. The number of amides is 2. The molecule has 1 saturated heterocycles. The van der Waals surface area contributed by atoms with E-state index in [-0.39, 0.29) is 17.4 Å². The molecule has 0 unspecified atom stereocenters. The zero-order chi connectivity index (χ0) is 25.3. The van der Waals surface area contributed by atoms with E-state index in [9.17, 15) is 27.2 Å². The maximum absolute atomic E-state index is 14.1. The SMILES string of the molecule is COCCNC(=O)c1cc2cn(CC3CN(C(=O)c4ccc(C(F)(F)F)cc4F)C3)nc2cc1C. The molecule has 1 N–H and O–H groups in total. The standard InChI is InChI=1S/C24H24F4N4O3/c1-14-7-21-16(8-19(14)22(33)29-5-6-35-2)13-32(30-21)12-15-10-31(11-15)23(34)18-4-3-17(9-20(18)25)24(26,27)28/h3-4,7-9,13,15H,5-6,10-12H2,1-2H3,(H,29,33). The molecule has 4 rings (SSSR count). The Hall–Kier alpha value is -3.47. The van der Waals surface area contributed by atoms with E-state index in [4.69, 9.17) is 4.74 Å². The molecule has 35 heavy (non-hydrogen) atoms. The van der Waals surface area contributed by atoms with E-state index in [0.29, 0.717) is 50.5 Å². The molecule has 1 fully saturated rings. The van der Waals surface area contributed by atoms with E-state index in [1.807, 2.05) is 19.2 Å². The molecule has 2 heterocycles. The van der Waals surface area contributed by atoms with E-state index in [1.165, 1.54) is 4.90 Å². The van der Waals surface area contributed by atoms with Crippen LogP contribution >= 0.6 is 0 Å². The number of nitrogens with zero attached hydrogens (tertiary/aromatic N) is 3. The van der Waals surface area contributed by atoms with Crippen LogP contribution in [0, 0.1) is 18.7 Å². The summed E-state index contributed by atoms with van der Waals surface area (Å²) >= 11 is 0. The summed E-state index contributed by atoms with van der Waals surface area (Å²) in [5.74, 6) is -1.97. The normalized spacial score (nSPS) is 14.3. The van der Waals surface area contributed by atoms with Gasteiger partial charge in [-0.25, -0.2) is 4.39 Å². The first kappa shape index (κ1) is 24.6. The highest BCUT2D eigenvalue weighted by Crippen LogP contribution is 2.31. The quantitative estimate of drug-likeness (QED) is 0.404. The molecule has 0 atom stereocenters. The molecule has 7 nitrogen and oxygen atoms in total. The molecule has 2 amide bonds. The van der Waals surface area contributed by atoms with E-state index in [2.05, 4.69) is 10.4 Å². The highest BCUT2D eigenvalue weighted by molar-refractivity contribution is 5.99. The van der Waals surface area contributed by atoms with Crippen molar-refractivity contribution in [3.63, 3.8) is 0 Å². The van der Waals surface area contributed by atoms with Crippen molar-refractivity contribution in [2.45, 2.75) is 19.6 Å². The third-order valence-corrected chi connectivity index (χ3v) is 5.95. The number of benzene rings is 2. The molecular weight excluding hydrogens is 468 g/mol. The molecule has 0 radical (unpaired) electrons. The summed E-state index contributed by atoms with van der Waals surface area (Å²) < 4.78 is 59.0. The number of hydrogen-bond donors (Lipinski definition) is 1. The minimum Gasteiger partial charge on any atom is -0.383 e. The van der Waals surface area contributed by atoms with Gasteiger partial charge in [0, 0.05) is 56.4 Å². The van der Waals surface area contributed by atoms with Gasteiger partial charge in [-0.15, -0.1) is 0 Å². The molecule has 0 aliphatic carbocycles. The van der Waals surface area contributed by atoms with Crippen molar-refractivity contribution < 1.29 is 31.9 Å². The van der Waals surface area contributed by atoms with Gasteiger partial charge in [0.2, 0.25) is 0 Å². The first-order valence-corrected chi connectivity index (χ1v) is 11.0. The van der Waals surface area contributed by atoms with Gasteiger partial charge in [-0.05, 0) is 42.8 Å². The van der Waals surface area contributed by atoms with Gasteiger partial charge in [-0.3, -0.25) is 14.3 Å². The van der Waals surface area contributed by atoms with Gasteiger partial charge in [0.05, 0.1) is 23.3 Å². The van der Waals surface area contributed by atoms with E-state index >= 15 is 0 Å². The summed E-state index contributed by atoms with van der Waals surface area (Å²) in [5.41, 5.74) is 0.552. The Morgan fingerprint density at radius 3 is 2.57 bits per heavy atom. The molecule has 0 saturated carbocycles. The Balaban J connectivity index is 1.38. The zero-order valence-electron chi connectivity index (χ0n) is 19.2. The van der Waals surface area contributed by atoms with Crippen LogP contribution in [0.4, 0.5) is 17.6 Å². The third kappa shape index (κ3) is 5.29. The second-order valence-electron chi connectivity index (χ2n) is 8.59. The Labute approximate surface area is 198 Å². The van der Waals surface area contributed by atoms with Crippen LogP contribution in [-0.4, -0.2) is 59.8 Å². The molecular formula is C24H24F4N4O3. The van der Waals surface area contributed by atoms with Crippen LogP contribution in [0.25, 0.3) is 10.9 Å². The van der Waals surface area contributed by atoms with Gasteiger partial charge in [0.1, 0.15) is 5.82 Å². The van der Waals surface area contributed by atoms with Gasteiger partial charge in [0.25, 0.3) is 11.8 Å². The van der Waals surface area contributed by atoms with Crippen molar-refractivity contribution >= 4 is 22.7 Å². The van der Waals surface area contributed by atoms with Crippen molar-refractivity contribution in [2.75, 3.05) is 33.4 Å². The second-order valence-corrected chi connectivity index (χ2v) is 8.59. The number of hydrogen-bond acceptors (Lipinski definition) is 4. The van der Waals surface area contributed by atoms with Crippen molar-refractivity contribution in [1.82, 2.24) is 20.0 Å². The van der Waals surface area contributed by atoms with E-state index in [1.54, 1.807) is 17.9 Å². The lowest BCUT2D eigenvalue weighted by Crippen LogP contribution is -2.51. The van der Waals surface area contributed by atoms with Crippen molar-refractivity contribution in [3.05, 3.63) is 64.6 Å². The number of halogens is 4. The number of carbonyl (C=O) groups excluding carboxylic acids is 2. The number of rotatable bonds is 7. The highest BCUT2D eigenvalue weighted by Gasteiger charge is 2.35. The van der Waals surface area contributed by atoms with Gasteiger partial charge in [-0.1, -0.05) is 0 Å². The molecule has 2 aromatic carbocycles. The van der Waals surface area contributed by atoms with Crippen molar-refractivity contribution in [1.29, 1.82) is 0 Å². The van der Waals surface area contributed by atoms with E-state index in [0.717, 1.165) is 22.5 Å². The number of fused-ring (bicyclic) bond motifs is 1. The van der Waals surface area contributed by atoms with E-state index < -0.39 is 23.5 Å². The number of ether oxygens (including phenoxy) is 1. The minimum absolute atomic E-state index is 0.0590. The monoisotopic (exact) mass is 492 g/mol. The number of alkyl halides is 3. The highest BCUT2D eigenvalue weighted by atomic mass is 19.4. The first-order chi connectivity index (χ1) is 16.6. The molecule has 11 heteroatoms. The Bertz CT molecular complexity index is 1270. The Morgan fingerprint density at radius 1 is 1.17 bits per heavy atom. The zero-order valence-corrected chi connectivity index (χ0v) is 19.2. The number of aromatic nitrogens is 2. The molecule has 0 bridgehead atoms. The summed E-state index contributed by atoms with van der Waals surface area (Å²) in [6, 6.07) is 5.53. The van der Waals surface area contributed by atoms with Crippen molar-refractivity contribution in [2.24, 2.45) is 5.92 Å². The van der Waals surface area contributed by atoms with Gasteiger partial charge >= 0.3 is 6.18 Å². The van der Waals surface area contributed by atoms with Crippen LogP contribution in [0.5, 0.6) is 0 Å². The van der Waals surface area contributed by atoms with Crippen LogP contribution in [0.2, 0.25) is 0 Å². The maximum Gasteiger partial charge on any atom is 0.416 e. The summed E-state index contributed by atoms with van der Waals surface area (Å²) in [6.07, 6.45) is -2.86. The van der Waals surface area contributed by atoms with Gasteiger partial charge < -0.3 is 15.0 Å². The van der Waals surface area contributed by atoms with Crippen molar-refractivity contribution in [3.8, 4) is 0 Å². The summed E-state index contributed by atoms with van der Waals surface area (Å²) in [6.45, 7) is 3.82. The lowest BCUT2D eigenvalue weighted by Gasteiger charge is -2.39. The Kier molecular flexibility index (Phi) is 6.79. The number of nitrogens with one attached hydrogen (secondary N) is 1. The molecule has 0 spiro atoms. The van der Waals surface area contributed by atoms with Gasteiger partial charge in [0.15, 0.2) is 0 Å². The number of aryl methyl sites for hydroxylation is 1.